The molecule has 0 saturated carbocycles. The number of hydrogen-bond donors (Lipinski definition) is 0. The zero-order valence-electron chi connectivity index (χ0n) is 8.50. The average molecular weight is 253 g/mol. The first-order valence-electron chi connectivity index (χ1n) is 4.50. The van der Waals surface area contributed by atoms with Gasteiger partial charge in [-0.1, -0.05) is 0 Å². The summed E-state index contributed by atoms with van der Waals surface area (Å²) in [6.45, 7) is 0.413. The maximum Gasteiger partial charge on any atom is 0.443 e. The summed E-state index contributed by atoms with van der Waals surface area (Å²) < 4.78 is 41.3. The number of Topliss-reactive ketones (excluding diaryl/α,β-unsaturated/α-hetero) is 1. The number of rotatable bonds is 5. The van der Waals surface area contributed by atoms with E-state index in [2.05, 4.69) is 4.98 Å². The number of hydrogen-bond acceptors (Lipinski definition) is 4. The van der Waals surface area contributed by atoms with Crippen LogP contribution in [-0.2, 0) is 10.9 Å². The molecule has 1 rings (SSSR count). The van der Waals surface area contributed by atoms with Crippen LogP contribution in [0.1, 0.15) is 27.5 Å². The molecule has 90 valence electrons. The van der Waals surface area contributed by atoms with Gasteiger partial charge in [-0.25, -0.2) is 4.98 Å². The molecule has 0 bridgehead atoms. The zero-order chi connectivity index (χ0) is 12.2. The third-order valence-corrected chi connectivity index (χ3v) is 2.86. The Balaban J connectivity index is 2.60. The summed E-state index contributed by atoms with van der Waals surface area (Å²) in [5, 5.41) is -0.984. The molecule has 0 N–H and O–H groups in total. The van der Waals surface area contributed by atoms with Gasteiger partial charge in [0, 0.05) is 26.3 Å². The van der Waals surface area contributed by atoms with Crippen LogP contribution in [0.3, 0.4) is 0 Å². The molecule has 0 fully saturated rings. The summed E-state index contributed by atoms with van der Waals surface area (Å²) >= 11 is 0.379. The number of thiazole rings is 1. The second-order valence-electron chi connectivity index (χ2n) is 3.05. The monoisotopic (exact) mass is 253 g/mol. The van der Waals surface area contributed by atoms with Gasteiger partial charge in [-0.15, -0.1) is 11.3 Å². The first kappa shape index (κ1) is 13.1. The predicted molar refractivity (Wildman–Crippen MR) is 52.6 cm³/mol. The second-order valence-corrected chi connectivity index (χ2v) is 4.08. The van der Waals surface area contributed by atoms with E-state index in [0.717, 1.165) is 6.20 Å². The van der Waals surface area contributed by atoms with Crippen LogP contribution in [0.25, 0.3) is 0 Å². The van der Waals surface area contributed by atoms with Crippen molar-refractivity contribution in [1.82, 2.24) is 4.98 Å². The maximum atomic E-state index is 12.2. The number of carbonyl (C=O) groups excluding carboxylic acids is 1. The van der Waals surface area contributed by atoms with Crippen LogP contribution in [0.2, 0.25) is 0 Å². The lowest BCUT2D eigenvalue weighted by molar-refractivity contribution is -0.137. The van der Waals surface area contributed by atoms with Gasteiger partial charge < -0.3 is 4.74 Å². The highest BCUT2D eigenvalue weighted by Crippen LogP contribution is 2.32. The van der Waals surface area contributed by atoms with Gasteiger partial charge in [0.05, 0.1) is 4.88 Å². The van der Waals surface area contributed by atoms with E-state index in [1.807, 2.05) is 0 Å². The molecule has 3 nitrogen and oxygen atoms in total. The van der Waals surface area contributed by atoms with Crippen LogP contribution < -0.4 is 0 Å². The topological polar surface area (TPSA) is 39.2 Å². The standard InChI is InChI=1S/C9H10F3NO2S/c1-15-4-2-3-6(14)7-5-13-8(16-7)9(10,11)12/h5H,2-4H2,1H3. The molecule has 0 spiro atoms. The molecule has 0 amide bonds. The van der Waals surface area contributed by atoms with Crippen LogP contribution in [0, 0.1) is 0 Å². The Morgan fingerprint density at radius 3 is 2.75 bits per heavy atom. The molecular weight excluding hydrogens is 243 g/mol. The molecule has 0 aromatic carbocycles. The Kier molecular flexibility index (Phi) is 4.43. The Morgan fingerprint density at radius 1 is 1.56 bits per heavy atom. The third-order valence-electron chi connectivity index (χ3n) is 1.78. The van der Waals surface area contributed by atoms with Crippen molar-refractivity contribution in [2.75, 3.05) is 13.7 Å². The van der Waals surface area contributed by atoms with Gasteiger partial charge >= 0.3 is 6.18 Å². The van der Waals surface area contributed by atoms with Crippen molar-refractivity contribution >= 4 is 17.1 Å². The maximum absolute atomic E-state index is 12.2. The number of methoxy groups -OCH3 is 1. The Morgan fingerprint density at radius 2 is 2.25 bits per heavy atom. The minimum atomic E-state index is -4.48. The quantitative estimate of drug-likeness (QED) is 0.598. The van der Waals surface area contributed by atoms with Crippen molar-refractivity contribution in [1.29, 1.82) is 0 Å². The van der Waals surface area contributed by atoms with Gasteiger partial charge in [0.25, 0.3) is 0 Å². The Labute approximate surface area is 94.3 Å². The van der Waals surface area contributed by atoms with Gasteiger partial charge in [0.2, 0.25) is 0 Å². The summed E-state index contributed by atoms with van der Waals surface area (Å²) in [6, 6.07) is 0. The van der Waals surface area contributed by atoms with Crippen molar-refractivity contribution < 1.29 is 22.7 Å². The number of halogens is 3. The minimum absolute atomic E-state index is 0.0448. The van der Waals surface area contributed by atoms with E-state index >= 15 is 0 Å². The van der Waals surface area contributed by atoms with Crippen LogP contribution >= 0.6 is 11.3 Å². The fourth-order valence-corrected chi connectivity index (χ4v) is 1.79. The second kappa shape index (κ2) is 5.40. The van der Waals surface area contributed by atoms with E-state index in [9.17, 15) is 18.0 Å². The normalized spacial score (nSPS) is 11.8. The third kappa shape index (κ3) is 3.57. The van der Waals surface area contributed by atoms with Gasteiger partial charge in [0.15, 0.2) is 10.8 Å². The van der Waals surface area contributed by atoms with Crippen molar-refractivity contribution in [2.45, 2.75) is 19.0 Å². The molecule has 0 aliphatic rings. The summed E-state index contributed by atoms with van der Waals surface area (Å²) in [4.78, 5) is 14.6. The van der Waals surface area contributed by atoms with Gasteiger partial charge in [0.1, 0.15) is 0 Å². The van der Waals surface area contributed by atoms with E-state index in [4.69, 9.17) is 4.74 Å². The molecule has 0 aliphatic carbocycles. The Bertz CT molecular complexity index is 362. The number of aromatic nitrogens is 1. The fourth-order valence-electron chi connectivity index (χ4n) is 1.03. The SMILES string of the molecule is COCCCC(=O)c1cnc(C(F)(F)F)s1. The molecule has 0 atom stereocenters. The zero-order valence-corrected chi connectivity index (χ0v) is 9.32. The minimum Gasteiger partial charge on any atom is -0.385 e. The molecule has 1 aromatic heterocycles. The van der Waals surface area contributed by atoms with Gasteiger partial charge in [-0.05, 0) is 6.42 Å². The van der Waals surface area contributed by atoms with Crippen LogP contribution in [0.4, 0.5) is 13.2 Å². The van der Waals surface area contributed by atoms with E-state index in [-0.39, 0.29) is 17.1 Å². The van der Waals surface area contributed by atoms with E-state index in [1.165, 1.54) is 7.11 Å². The van der Waals surface area contributed by atoms with Gasteiger partial charge in [-0.2, -0.15) is 13.2 Å². The van der Waals surface area contributed by atoms with Crippen LogP contribution in [-0.4, -0.2) is 24.5 Å². The van der Waals surface area contributed by atoms with Crippen molar-refractivity contribution in [3.8, 4) is 0 Å². The number of ether oxygens (including phenoxy) is 1. The van der Waals surface area contributed by atoms with Crippen LogP contribution in [0.5, 0.6) is 0 Å². The first-order valence-corrected chi connectivity index (χ1v) is 5.32. The molecule has 7 heteroatoms. The number of nitrogens with zero attached hydrogens (tertiary/aromatic N) is 1. The molecule has 0 aliphatic heterocycles. The van der Waals surface area contributed by atoms with Crippen LogP contribution in [0.15, 0.2) is 6.20 Å². The molecule has 0 radical (unpaired) electrons. The molecule has 1 aromatic rings. The fraction of sp³-hybridized carbons (Fsp3) is 0.556. The summed E-state index contributed by atoms with van der Waals surface area (Å²) in [7, 11) is 1.50. The van der Waals surface area contributed by atoms with E-state index in [1.54, 1.807) is 0 Å². The molecule has 1 heterocycles. The molecular formula is C9H10F3NO2S. The number of ketones is 1. The van der Waals surface area contributed by atoms with Crippen molar-refractivity contribution in [3.05, 3.63) is 16.1 Å². The highest BCUT2D eigenvalue weighted by molar-refractivity contribution is 7.13. The van der Waals surface area contributed by atoms with Crippen molar-refractivity contribution in [3.63, 3.8) is 0 Å². The van der Waals surface area contributed by atoms with Crippen molar-refractivity contribution in [2.24, 2.45) is 0 Å². The lowest BCUT2D eigenvalue weighted by Crippen LogP contribution is -2.03. The average Bonchev–Trinajstić information content (AvgIpc) is 2.66. The lowest BCUT2D eigenvalue weighted by Gasteiger charge is -1.99. The summed E-state index contributed by atoms with van der Waals surface area (Å²) in [6.07, 6.45) is -2.83. The number of carbonyl (C=O) groups is 1. The highest BCUT2D eigenvalue weighted by atomic mass is 32.1. The highest BCUT2D eigenvalue weighted by Gasteiger charge is 2.35. The largest absolute Gasteiger partial charge is 0.443 e. The molecule has 0 saturated heterocycles. The van der Waals surface area contributed by atoms with Gasteiger partial charge in [-0.3, -0.25) is 4.79 Å². The molecule has 16 heavy (non-hydrogen) atoms. The lowest BCUT2D eigenvalue weighted by atomic mass is 10.2. The summed E-state index contributed by atoms with van der Waals surface area (Å²) in [5.41, 5.74) is 0. The van der Waals surface area contributed by atoms with E-state index < -0.39 is 11.2 Å². The number of alkyl halides is 3. The van der Waals surface area contributed by atoms with E-state index in [0.29, 0.717) is 24.4 Å². The first-order chi connectivity index (χ1) is 7.45. The summed E-state index contributed by atoms with van der Waals surface area (Å²) in [5.74, 6) is -0.329. The Hall–Kier alpha value is -0.950. The smallest absolute Gasteiger partial charge is 0.385 e. The predicted octanol–water partition coefficient (Wildman–Crippen LogP) is 2.77. The molecule has 0 unspecified atom stereocenters.